The van der Waals surface area contributed by atoms with E-state index in [1.54, 1.807) is 38.7 Å². The van der Waals surface area contributed by atoms with Crippen molar-refractivity contribution in [1.29, 1.82) is 0 Å². The molecule has 3 heterocycles. The molecule has 0 radical (unpaired) electrons. The number of ether oxygens (including phenoxy) is 2. The minimum Gasteiger partial charge on any atom is -0.493 e. The van der Waals surface area contributed by atoms with E-state index in [4.69, 9.17) is 9.47 Å². The minimum absolute atomic E-state index is 0.0197. The highest BCUT2D eigenvalue weighted by molar-refractivity contribution is 7.17. The maximum absolute atomic E-state index is 13.2. The first-order valence-corrected chi connectivity index (χ1v) is 11.5. The first kappa shape index (κ1) is 22.7. The molecule has 172 valence electrons. The van der Waals surface area contributed by atoms with Gasteiger partial charge in [0.2, 0.25) is 0 Å². The summed E-state index contributed by atoms with van der Waals surface area (Å²) in [6, 6.07) is 9.11. The Kier molecular flexibility index (Phi) is 6.88. The smallest absolute Gasteiger partial charge is 0.265 e. The van der Waals surface area contributed by atoms with Crippen molar-refractivity contribution in [1.82, 2.24) is 20.2 Å². The van der Waals surface area contributed by atoms with E-state index in [0.29, 0.717) is 53.6 Å². The topological polar surface area (TPSA) is 93.7 Å². The molecule has 1 aliphatic rings. The Morgan fingerprint density at radius 2 is 1.88 bits per heavy atom. The van der Waals surface area contributed by atoms with Crippen LogP contribution < -0.4 is 14.8 Å². The Morgan fingerprint density at radius 1 is 1.12 bits per heavy atom. The van der Waals surface area contributed by atoms with E-state index in [9.17, 15) is 9.59 Å². The summed E-state index contributed by atoms with van der Waals surface area (Å²) in [5.74, 6) is 1.11. The number of aryl methyl sites for hydroxylation is 1. The molecular formula is C24H26N4O4S. The van der Waals surface area contributed by atoms with E-state index >= 15 is 0 Å². The second-order valence-electron chi connectivity index (χ2n) is 7.78. The third-order valence-corrected chi connectivity index (χ3v) is 6.86. The number of piperidine rings is 1. The van der Waals surface area contributed by atoms with Gasteiger partial charge in [0.05, 0.1) is 25.5 Å². The quantitative estimate of drug-likeness (QED) is 0.597. The van der Waals surface area contributed by atoms with Crippen LogP contribution in [0.15, 0.2) is 42.7 Å². The SMILES string of the molecule is COc1ccc(-c2nc(C)c(C(=O)N3CCC(NC(=O)c4cccnc4)CC3)s2)cc1OC. The molecule has 0 unspecified atom stereocenters. The highest BCUT2D eigenvalue weighted by Gasteiger charge is 2.27. The summed E-state index contributed by atoms with van der Waals surface area (Å²) in [4.78, 5) is 36.6. The van der Waals surface area contributed by atoms with E-state index < -0.39 is 0 Å². The zero-order chi connectivity index (χ0) is 23.4. The van der Waals surface area contributed by atoms with Crippen molar-refractivity contribution >= 4 is 23.2 Å². The van der Waals surface area contributed by atoms with Gasteiger partial charge in [-0.05, 0) is 50.1 Å². The van der Waals surface area contributed by atoms with Crippen LogP contribution in [-0.4, -0.2) is 60.0 Å². The highest BCUT2D eigenvalue weighted by atomic mass is 32.1. The van der Waals surface area contributed by atoms with Crippen molar-refractivity contribution in [3.8, 4) is 22.1 Å². The van der Waals surface area contributed by atoms with E-state index in [1.807, 2.05) is 30.0 Å². The first-order chi connectivity index (χ1) is 16.0. The molecule has 0 atom stereocenters. The van der Waals surface area contributed by atoms with Crippen LogP contribution in [-0.2, 0) is 0 Å². The number of amides is 2. The number of nitrogens with one attached hydrogen (secondary N) is 1. The predicted octanol–water partition coefficient (Wildman–Crippen LogP) is 3.57. The molecule has 4 rings (SSSR count). The van der Waals surface area contributed by atoms with Crippen molar-refractivity contribution < 1.29 is 19.1 Å². The number of hydrogen-bond donors (Lipinski definition) is 1. The Morgan fingerprint density at radius 3 is 2.55 bits per heavy atom. The zero-order valence-corrected chi connectivity index (χ0v) is 19.6. The van der Waals surface area contributed by atoms with Crippen LogP contribution >= 0.6 is 11.3 Å². The molecule has 0 spiro atoms. The lowest BCUT2D eigenvalue weighted by Gasteiger charge is -2.32. The van der Waals surface area contributed by atoms with Gasteiger partial charge in [0.25, 0.3) is 11.8 Å². The Balaban J connectivity index is 1.40. The molecule has 33 heavy (non-hydrogen) atoms. The third-order valence-electron chi connectivity index (χ3n) is 5.66. The van der Waals surface area contributed by atoms with Crippen LogP contribution in [0.3, 0.4) is 0 Å². The fraction of sp³-hybridized carbons (Fsp3) is 0.333. The number of carbonyl (C=O) groups is 2. The van der Waals surface area contributed by atoms with Gasteiger partial charge in [-0.3, -0.25) is 14.6 Å². The maximum atomic E-state index is 13.2. The standard InChI is InChI=1S/C24H26N4O4S/c1-15-21(33-23(26-15)16-6-7-19(31-2)20(13-16)32-3)24(30)28-11-8-18(9-12-28)27-22(29)17-5-4-10-25-14-17/h4-7,10,13-14,18H,8-9,11-12H2,1-3H3,(H,27,29). The molecule has 1 aliphatic heterocycles. The number of hydrogen-bond acceptors (Lipinski definition) is 7. The highest BCUT2D eigenvalue weighted by Crippen LogP contribution is 2.35. The molecule has 1 N–H and O–H groups in total. The van der Waals surface area contributed by atoms with Gasteiger partial charge in [-0.1, -0.05) is 0 Å². The summed E-state index contributed by atoms with van der Waals surface area (Å²) >= 11 is 1.38. The number of carbonyl (C=O) groups excluding carboxylic acids is 2. The van der Waals surface area contributed by atoms with Crippen molar-refractivity contribution in [2.75, 3.05) is 27.3 Å². The van der Waals surface area contributed by atoms with Crippen LogP contribution in [0, 0.1) is 6.92 Å². The van der Waals surface area contributed by atoms with E-state index in [-0.39, 0.29) is 17.9 Å². The summed E-state index contributed by atoms with van der Waals surface area (Å²) in [6.07, 6.45) is 4.60. The lowest BCUT2D eigenvalue weighted by atomic mass is 10.0. The molecule has 8 nitrogen and oxygen atoms in total. The summed E-state index contributed by atoms with van der Waals surface area (Å²) < 4.78 is 10.7. The number of likely N-dealkylation sites (tertiary alicyclic amines) is 1. The average Bonchev–Trinajstić information content (AvgIpc) is 3.25. The maximum Gasteiger partial charge on any atom is 0.265 e. The van der Waals surface area contributed by atoms with E-state index in [0.717, 1.165) is 10.6 Å². The van der Waals surface area contributed by atoms with Gasteiger partial charge in [-0.2, -0.15) is 0 Å². The van der Waals surface area contributed by atoms with Gasteiger partial charge in [-0.15, -0.1) is 11.3 Å². The normalized spacial score (nSPS) is 14.1. The van der Waals surface area contributed by atoms with Crippen LogP contribution in [0.1, 0.15) is 38.6 Å². The fourth-order valence-electron chi connectivity index (χ4n) is 3.82. The molecule has 2 aromatic heterocycles. The van der Waals surface area contributed by atoms with Gasteiger partial charge < -0.3 is 19.7 Å². The molecule has 1 fully saturated rings. The van der Waals surface area contributed by atoms with Crippen LogP contribution in [0.4, 0.5) is 0 Å². The van der Waals surface area contributed by atoms with Gasteiger partial charge in [0.15, 0.2) is 11.5 Å². The number of methoxy groups -OCH3 is 2. The Labute approximate surface area is 196 Å². The predicted molar refractivity (Wildman–Crippen MR) is 126 cm³/mol. The van der Waals surface area contributed by atoms with Crippen LogP contribution in [0.5, 0.6) is 11.5 Å². The van der Waals surface area contributed by atoms with E-state index in [1.165, 1.54) is 11.3 Å². The number of benzene rings is 1. The lowest BCUT2D eigenvalue weighted by molar-refractivity contribution is 0.0702. The summed E-state index contributed by atoms with van der Waals surface area (Å²) in [5, 5.41) is 3.80. The average molecular weight is 467 g/mol. The fourth-order valence-corrected chi connectivity index (χ4v) is 4.85. The molecule has 0 aliphatic carbocycles. The number of rotatable bonds is 6. The zero-order valence-electron chi connectivity index (χ0n) is 18.8. The molecule has 1 saturated heterocycles. The molecule has 0 bridgehead atoms. The largest absolute Gasteiger partial charge is 0.493 e. The molecule has 0 saturated carbocycles. The van der Waals surface area contributed by atoms with E-state index in [2.05, 4.69) is 15.3 Å². The lowest BCUT2D eigenvalue weighted by Crippen LogP contribution is -2.46. The molecule has 9 heteroatoms. The molecule has 3 aromatic rings. The first-order valence-electron chi connectivity index (χ1n) is 10.7. The van der Waals surface area contributed by atoms with Crippen LogP contribution in [0.25, 0.3) is 10.6 Å². The van der Waals surface area contributed by atoms with Crippen molar-refractivity contribution in [3.05, 3.63) is 58.9 Å². The molecular weight excluding hydrogens is 440 g/mol. The molecule has 1 aromatic carbocycles. The van der Waals surface area contributed by atoms with Gasteiger partial charge in [0, 0.05) is 37.1 Å². The number of pyridine rings is 1. The summed E-state index contributed by atoms with van der Waals surface area (Å²) in [5.41, 5.74) is 2.12. The third kappa shape index (κ3) is 4.98. The summed E-state index contributed by atoms with van der Waals surface area (Å²) in [6.45, 7) is 3.02. The number of nitrogens with zero attached hydrogens (tertiary/aromatic N) is 3. The Bertz CT molecular complexity index is 1140. The van der Waals surface area contributed by atoms with Crippen molar-refractivity contribution in [2.45, 2.75) is 25.8 Å². The second-order valence-corrected chi connectivity index (χ2v) is 8.78. The number of aromatic nitrogens is 2. The monoisotopic (exact) mass is 466 g/mol. The van der Waals surface area contributed by atoms with Crippen molar-refractivity contribution in [2.24, 2.45) is 0 Å². The number of thiazole rings is 1. The second kappa shape index (κ2) is 9.99. The minimum atomic E-state index is -0.134. The van der Waals surface area contributed by atoms with Crippen molar-refractivity contribution in [3.63, 3.8) is 0 Å². The molecule has 2 amide bonds. The van der Waals surface area contributed by atoms with Gasteiger partial charge in [-0.25, -0.2) is 4.98 Å². The van der Waals surface area contributed by atoms with Gasteiger partial charge >= 0.3 is 0 Å². The summed E-state index contributed by atoms with van der Waals surface area (Å²) in [7, 11) is 3.18. The van der Waals surface area contributed by atoms with Crippen LogP contribution in [0.2, 0.25) is 0 Å². The van der Waals surface area contributed by atoms with Gasteiger partial charge in [0.1, 0.15) is 9.88 Å². The Hall–Kier alpha value is -3.46.